The molecule has 0 saturated heterocycles. The van der Waals surface area contributed by atoms with Gasteiger partial charge in [-0.1, -0.05) is 23.2 Å². The molecule has 0 aromatic heterocycles. The summed E-state index contributed by atoms with van der Waals surface area (Å²) >= 11 is 9.13. The van der Waals surface area contributed by atoms with Gasteiger partial charge >= 0.3 is 0 Å². The molecule has 1 N–H and O–H groups in total. The van der Waals surface area contributed by atoms with Crippen molar-refractivity contribution in [3.63, 3.8) is 0 Å². The highest BCUT2D eigenvalue weighted by Gasteiger charge is 2.18. The zero-order valence-electron chi connectivity index (χ0n) is 2.79. The normalized spacial score (nSPS) is 12.0. The van der Waals surface area contributed by atoms with E-state index in [0.717, 1.165) is 0 Å². The van der Waals surface area contributed by atoms with Gasteiger partial charge in [0, 0.05) is 0 Å². The van der Waals surface area contributed by atoms with Crippen LogP contribution in [0.15, 0.2) is 0 Å². The molecule has 0 radical (unpaired) electrons. The first-order valence-electron chi connectivity index (χ1n) is 1.24. The molecule has 0 atom stereocenters. The molecule has 38 valence electrons. The largest absolute Gasteiger partial charge is 0.390 e. The third-order valence-corrected chi connectivity index (χ3v) is 0.418. The van der Waals surface area contributed by atoms with Crippen molar-refractivity contribution >= 4 is 23.2 Å². The van der Waals surface area contributed by atoms with Crippen molar-refractivity contribution in [1.82, 2.24) is 0 Å². The number of aliphatic hydroxyl groups excluding tert-OH is 1. The molecule has 0 aliphatic carbocycles. The fraction of sp³-hybridized carbons (Fsp3) is 1.00. The maximum Gasteiger partial charge on any atom is 0.280 e. The molecule has 0 aliphatic heterocycles. The summed E-state index contributed by atoms with van der Waals surface area (Å²) in [6, 6.07) is 0. The van der Waals surface area contributed by atoms with Crippen LogP contribution in [0, 0.1) is 0 Å². The number of halogens is 3. The predicted molar refractivity (Wildman–Crippen MR) is 22.6 cm³/mol. The van der Waals surface area contributed by atoms with Crippen LogP contribution in [0.3, 0.4) is 0 Å². The van der Waals surface area contributed by atoms with Gasteiger partial charge in [-0.2, -0.15) is 0 Å². The smallest absolute Gasteiger partial charge is 0.280 e. The zero-order chi connectivity index (χ0) is 5.21. The van der Waals surface area contributed by atoms with Gasteiger partial charge in [0.05, 0.1) is 0 Å². The molecule has 1 nitrogen and oxygen atoms in total. The van der Waals surface area contributed by atoms with Crippen LogP contribution in [0.4, 0.5) is 4.39 Å². The van der Waals surface area contributed by atoms with Crippen molar-refractivity contribution in [2.45, 2.75) is 4.59 Å². The lowest BCUT2D eigenvalue weighted by Crippen LogP contribution is -2.08. The summed E-state index contributed by atoms with van der Waals surface area (Å²) in [6.45, 7) is -0.865. The van der Waals surface area contributed by atoms with Gasteiger partial charge in [0.2, 0.25) is 0 Å². The van der Waals surface area contributed by atoms with Gasteiger partial charge in [0.25, 0.3) is 4.59 Å². The van der Waals surface area contributed by atoms with Crippen LogP contribution < -0.4 is 0 Å². The van der Waals surface area contributed by atoms with E-state index in [2.05, 4.69) is 23.2 Å². The summed E-state index contributed by atoms with van der Waals surface area (Å²) in [7, 11) is 0. The number of alkyl halides is 3. The van der Waals surface area contributed by atoms with E-state index in [-0.39, 0.29) is 0 Å². The van der Waals surface area contributed by atoms with Gasteiger partial charge in [-0.3, -0.25) is 0 Å². The Kier molecular flexibility index (Phi) is 2.11. The lowest BCUT2D eigenvalue weighted by molar-refractivity contribution is 0.204. The van der Waals surface area contributed by atoms with Crippen molar-refractivity contribution in [2.24, 2.45) is 0 Å². The molecular formula is C2H3Cl2FO. The molecule has 0 aromatic carbocycles. The van der Waals surface area contributed by atoms with Gasteiger partial charge < -0.3 is 5.11 Å². The Morgan fingerprint density at radius 2 is 1.83 bits per heavy atom. The quantitative estimate of drug-likeness (QED) is 0.530. The van der Waals surface area contributed by atoms with Crippen LogP contribution in [-0.2, 0) is 0 Å². The lowest BCUT2D eigenvalue weighted by Gasteiger charge is -1.99. The molecule has 0 bridgehead atoms. The van der Waals surface area contributed by atoms with Gasteiger partial charge in [0.1, 0.15) is 6.61 Å². The molecule has 0 spiro atoms. The van der Waals surface area contributed by atoms with Crippen molar-refractivity contribution < 1.29 is 9.50 Å². The first kappa shape index (κ1) is 6.47. The Bertz CT molecular complexity index is 41.3. The fourth-order valence-electron chi connectivity index (χ4n) is 0. The minimum Gasteiger partial charge on any atom is -0.390 e. The Morgan fingerprint density at radius 3 is 1.83 bits per heavy atom. The number of aliphatic hydroxyl groups is 1. The predicted octanol–water partition coefficient (Wildman–Crippen LogP) is 1.08. The molecule has 0 heterocycles. The second-order valence-corrected chi connectivity index (χ2v) is 2.16. The third-order valence-electron chi connectivity index (χ3n) is 0.179. The summed E-state index contributed by atoms with van der Waals surface area (Å²) in [5.74, 6) is 0. The first-order chi connectivity index (χ1) is 2.56. The van der Waals surface area contributed by atoms with E-state index in [1.165, 1.54) is 0 Å². The van der Waals surface area contributed by atoms with Crippen LogP contribution in [0.25, 0.3) is 0 Å². The second kappa shape index (κ2) is 1.96. The topological polar surface area (TPSA) is 20.2 Å². The first-order valence-corrected chi connectivity index (χ1v) is 1.99. The molecule has 0 fully saturated rings. The minimum atomic E-state index is -2.46. The Morgan fingerprint density at radius 1 is 1.67 bits per heavy atom. The van der Waals surface area contributed by atoms with Crippen molar-refractivity contribution in [3.8, 4) is 0 Å². The van der Waals surface area contributed by atoms with Crippen LogP contribution in [-0.4, -0.2) is 16.3 Å². The summed E-state index contributed by atoms with van der Waals surface area (Å²) < 4.78 is 8.94. The van der Waals surface area contributed by atoms with Crippen LogP contribution in [0.1, 0.15) is 0 Å². The molecular weight excluding hydrogens is 130 g/mol. The Hall–Kier alpha value is 0.470. The Labute approximate surface area is 44.7 Å². The molecule has 0 saturated carbocycles. The van der Waals surface area contributed by atoms with E-state index in [4.69, 9.17) is 5.11 Å². The minimum absolute atomic E-state index is 0.865. The average Bonchev–Trinajstić information content (AvgIpc) is 1.35. The molecule has 0 unspecified atom stereocenters. The second-order valence-electron chi connectivity index (χ2n) is 0.773. The summed E-state index contributed by atoms with van der Waals surface area (Å²) in [5, 5.41) is 7.76. The summed E-state index contributed by atoms with van der Waals surface area (Å²) in [4.78, 5) is 0. The fourth-order valence-corrected chi connectivity index (χ4v) is 0. The van der Waals surface area contributed by atoms with E-state index in [0.29, 0.717) is 0 Å². The average molecular weight is 133 g/mol. The molecule has 0 aliphatic rings. The van der Waals surface area contributed by atoms with Crippen molar-refractivity contribution in [1.29, 1.82) is 0 Å². The van der Waals surface area contributed by atoms with Gasteiger partial charge in [-0.25, -0.2) is 4.39 Å². The summed E-state index contributed by atoms with van der Waals surface area (Å²) in [6.07, 6.45) is 0. The highest BCUT2D eigenvalue weighted by atomic mass is 35.5. The van der Waals surface area contributed by atoms with Crippen LogP contribution >= 0.6 is 23.2 Å². The highest BCUT2D eigenvalue weighted by Crippen LogP contribution is 2.19. The summed E-state index contributed by atoms with van der Waals surface area (Å²) in [5.41, 5.74) is 0. The van der Waals surface area contributed by atoms with Gasteiger partial charge in [-0.05, 0) is 0 Å². The van der Waals surface area contributed by atoms with E-state index in [1.807, 2.05) is 0 Å². The van der Waals surface area contributed by atoms with E-state index >= 15 is 0 Å². The third kappa shape index (κ3) is 4.47. The highest BCUT2D eigenvalue weighted by molar-refractivity contribution is 6.47. The SMILES string of the molecule is OCC(F)(Cl)Cl. The zero-order valence-corrected chi connectivity index (χ0v) is 4.30. The number of hydrogen-bond acceptors (Lipinski definition) is 1. The van der Waals surface area contributed by atoms with Crippen LogP contribution in [0.2, 0.25) is 0 Å². The van der Waals surface area contributed by atoms with Gasteiger partial charge in [-0.15, -0.1) is 0 Å². The molecule has 0 aromatic rings. The monoisotopic (exact) mass is 132 g/mol. The molecule has 6 heavy (non-hydrogen) atoms. The van der Waals surface area contributed by atoms with Gasteiger partial charge in [0.15, 0.2) is 0 Å². The standard InChI is InChI=1S/C2H3Cl2FO/c3-2(4,5)1-6/h6H,1H2. The maximum absolute atomic E-state index is 11.4. The number of hydrogen-bond donors (Lipinski definition) is 1. The van der Waals surface area contributed by atoms with E-state index < -0.39 is 11.2 Å². The molecule has 0 rings (SSSR count). The maximum atomic E-state index is 11.4. The van der Waals surface area contributed by atoms with Crippen molar-refractivity contribution in [2.75, 3.05) is 6.61 Å². The van der Waals surface area contributed by atoms with Crippen molar-refractivity contribution in [3.05, 3.63) is 0 Å². The lowest BCUT2D eigenvalue weighted by atomic mass is 10.8. The molecule has 0 amide bonds. The van der Waals surface area contributed by atoms with E-state index in [1.54, 1.807) is 0 Å². The molecule has 4 heteroatoms. The van der Waals surface area contributed by atoms with Crippen LogP contribution in [0.5, 0.6) is 0 Å². The van der Waals surface area contributed by atoms with E-state index in [9.17, 15) is 4.39 Å². The number of rotatable bonds is 1. The Balaban J connectivity index is 3.17.